The van der Waals surface area contributed by atoms with Gasteiger partial charge in [0.1, 0.15) is 5.75 Å². The largest absolute Gasteiger partial charge is 0.495 e. The van der Waals surface area contributed by atoms with Crippen LogP contribution in [0.2, 0.25) is 0 Å². The zero-order valence-corrected chi connectivity index (χ0v) is 11.8. The fourth-order valence-electron chi connectivity index (χ4n) is 1.68. The number of nitrogens with zero attached hydrogens (tertiary/aromatic N) is 1. The van der Waals surface area contributed by atoms with Gasteiger partial charge in [-0.15, -0.1) is 0 Å². The van der Waals surface area contributed by atoms with Gasteiger partial charge in [-0.05, 0) is 31.5 Å². The molecule has 0 aromatic heterocycles. The van der Waals surface area contributed by atoms with E-state index in [9.17, 15) is 8.42 Å². The Balaban J connectivity index is 3.33. The van der Waals surface area contributed by atoms with E-state index < -0.39 is 10.0 Å². The summed E-state index contributed by atoms with van der Waals surface area (Å²) in [6, 6.07) is 5.43. The molecule has 2 N–H and O–H groups in total. The van der Waals surface area contributed by atoms with E-state index in [0.717, 1.165) is 5.56 Å². The summed E-state index contributed by atoms with van der Waals surface area (Å²) in [6.45, 7) is 4.02. The predicted molar refractivity (Wildman–Crippen MR) is 73.6 cm³/mol. The first kappa shape index (κ1) is 14.8. The molecule has 5 nitrogen and oxygen atoms in total. The smallest absolute Gasteiger partial charge is 0.235 e. The van der Waals surface area contributed by atoms with E-state index in [-0.39, 0.29) is 18.8 Å². The molecule has 0 aliphatic carbocycles. The van der Waals surface area contributed by atoms with Gasteiger partial charge in [0.15, 0.2) is 0 Å². The zero-order chi connectivity index (χ0) is 13.8. The van der Waals surface area contributed by atoms with Gasteiger partial charge in [-0.1, -0.05) is 6.07 Å². The second-order valence-corrected chi connectivity index (χ2v) is 6.12. The third-order valence-corrected chi connectivity index (χ3v) is 4.42. The number of methoxy groups -OCH3 is 1. The molecule has 0 aliphatic heterocycles. The minimum Gasteiger partial charge on any atom is -0.495 e. The van der Waals surface area contributed by atoms with Crippen LogP contribution in [-0.2, 0) is 10.0 Å². The molecule has 0 amide bonds. The summed E-state index contributed by atoms with van der Waals surface area (Å²) in [7, 11) is -1.83. The Morgan fingerprint density at radius 2 is 2.06 bits per heavy atom. The summed E-state index contributed by atoms with van der Waals surface area (Å²) in [5, 5.41) is 0. The number of ether oxygens (including phenoxy) is 1. The van der Waals surface area contributed by atoms with Crippen molar-refractivity contribution in [3.63, 3.8) is 0 Å². The summed E-state index contributed by atoms with van der Waals surface area (Å²) in [4.78, 5) is 0. The number of nitrogens with two attached hydrogens (primary N) is 1. The minimum absolute atomic E-state index is 0.0318. The van der Waals surface area contributed by atoms with Gasteiger partial charge in [-0.2, -0.15) is 0 Å². The molecule has 6 heteroatoms. The molecular weight excluding hydrogens is 252 g/mol. The molecule has 1 rings (SSSR count). The second kappa shape index (κ2) is 6.06. The lowest BCUT2D eigenvalue weighted by Crippen LogP contribution is -2.36. The first-order valence-corrected chi connectivity index (χ1v) is 7.42. The molecule has 1 aromatic carbocycles. The van der Waals surface area contributed by atoms with E-state index in [1.165, 1.54) is 11.4 Å². The number of sulfonamides is 1. The Hall–Kier alpha value is -1.27. The molecule has 0 spiro atoms. The first-order chi connectivity index (χ1) is 8.46. The van der Waals surface area contributed by atoms with Gasteiger partial charge in [-0.25, -0.2) is 8.42 Å². The van der Waals surface area contributed by atoms with Gasteiger partial charge in [0.2, 0.25) is 10.0 Å². The maximum atomic E-state index is 12.1. The molecule has 0 fully saturated rings. The van der Waals surface area contributed by atoms with Crippen LogP contribution < -0.4 is 14.8 Å². The van der Waals surface area contributed by atoms with Crippen LogP contribution in [0.1, 0.15) is 12.5 Å². The maximum absolute atomic E-state index is 12.1. The fourth-order valence-corrected chi connectivity index (χ4v) is 2.82. The highest BCUT2D eigenvalue weighted by molar-refractivity contribution is 7.92. The second-order valence-electron chi connectivity index (χ2n) is 3.94. The van der Waals surface area contributed by atoms with Crippen LogP contribution in [0.4, 0.5) is 5.69 Å². The fraction of sp³-hybridized carbons (Fsp3) is 0.500. The molecule has 0 saturated heterocycles. The number of benzene rings is 1. The lowest BCUT2D eigenvalue weighted by Gasteiger charge is -2.25. The van der Waals surface area contributed by atoms with Crippen molar-refractivity contribution in [3.8, 4) is 5.75 Å². The van der Waals surface area contributed by atoms with E-state index in [1.807, 2.05) is 13.0 Å². The number of anilines is 1. The van der Waals surface area contributed by atoms with E-state index in [4.69, 9.17) is 10.5 Å². The Bertz CT molecular complexity index is 500. The molecule has 0 saturated carbocycles. The van der Waals surface area contributed by atoms with Crippen LogP contribution in [0.3, 0.4) is 0 Å². The van der Waals surface area contributed by atoms with E-state index in [0.29, 0.717) is 11.4 Å². The van der Waals surface area contributed by atoms with Crippen molar-refractivity contribution >= 4 is 15.7 Å². The van der Waals surface area contributed by atoms with E-state index in [2.05, 4.69) is 0 Å². The van der Waals surface area contributed by atoms with Crippen molar-refractivity contribution in [3.05, 3.63) is 23.8 Å². The molecule has 0 atom stereocenters. The molecule has 0 radical (unpaired) electrons. The van der Waals surface area contributed by atoms with Gasteiger partial charge < -0.3 is 10.5 Å². The summed E-state index contributed by atoms with van der Waals surface area (Å²) in [5.74, 6) is 0.565. The van der Waals surface area contributed by atoms with E-state index in [1.54, 1.807) is 19.1 Å². The average Bonchev–Trinajstić information content (AvgIpc) is 2.35. The normalized spacial score (nSPS) is 11.3. The molecular formula is C12H20N2O3S. The third kappa shape index (κ3) is 3.14. The Morgan fingerprint density at radius 1 is 1.39 bits per heavy atom. The molecule has 18 heavy (non-hydrogen) atoms. The van der Waals surface area contributed by atoms with Gasteiger partial charge in [0.05, 0.1) is 18.6 Å². The summed E-state index contributed by atoms with van der Waals surface area (Å²) in [5.41, 5.74) is 7.02. The predicted octanol–water partition coefficient (Wildman–Crippen LogP) is 1.12. The van der Waals surface area contributed by atoms with Crippen molar-refractivity contribution in [2.24, 2.45) is 5.73 Å². The molecule has 1 aromatic rings. The Labute approximate surface area is 109 Å². The van der Waals surface area contributed by atoms with Crippen LogP contribution in [0, 0.1) is 6.92 Å². The van der Waals surface area contributed by atoms with Gasteiger partial charge in [-0.3, -0.25) is 4.31 Å². The molecule has 0 unspecified atom stereocenters. The lowest BCUT2D eigenvalue weighted by atomic mass is 10.2. The van der Waals surface area contributed by atoms with Crippen molar-refractivity contribution < 1.29 is 13.2 Å². The van der Waals surface area contributed by atoms with Gasteiger partial charge in [0.25, 0.3) is 0 Å². The molecule has 0 bridgehead atoms. The monoisotopic (exact) mass is 272 g/mol. The van der Waals surface area contributed by atoms with Crippen molar-refractivity contribution in [2.45, 2.75) is 13.8 Å². The van der Waals surface area contributed by atoms with Gasteiger partial charge in [0, 0.05) is 13.1 Å². The number of hydrogen-bond donors (Lipinski definition) is 1. The molecule has 0 heterocycles. The Morgan fingerprint density at radius 3 is 2.56 bits per heavy atom. The van der Waals surface area contributed by atoms with Crippen LogP contribution in [0.15, 0.2) is 18.2 Å². The highest BCUT2D eigenvalue weighted by Gasteiger charge is 2.22. The van der Waals surface area contributed by atoms with E-state index >= 15 is 0 Å². The Kier molecular flexibility index (Phi) is 4.98. The number of hydrogen-bond acceptors (Lipinski definition) is 4. The van der Waals surface area contributed by atoms with Crippen LogP contribution in [0.25, 0.3) is 0 Å². The topological polar surface area (TPSA) is 72.6 Å². The number of rotatable bonds is 6. The zero-order valence-electron chi connectivity index (χ0n) is 11.0. The molecule has 0 aliphatic rings. The van der Waals surface area contributed by atoms with Crippen LogP contribution in [0.5, 0.6) is 5.75 Å². The average molecular weight is 272 g/mol. The minimum atomic E-state index is -3.35. The summed E-state index contributed by atoms with van der Waals surface area (Å²) in [6.07, 6.45) is 0. The van der Waals surface area contributed by atoms with Crippen LogP contribution in [-0.4, -0.2) is 34.4 Å². The first-order valence-electron chi connectivity index (χ1n) is 5.81. The SMILES string of the molecule is CCS(=O)(=O)N(CCN)c1cc(C)ccc1OC. The highest BCUT2D eigenvalue weighted by Crippen LogP contribution is 2.31. The van der Waals surface area contributed by atoms with Gasteiger partial charge >= 0.3 is 0 Å². The number of aryl methyl sites for hydroxylation is 1. The van der Waals surface area contributed by atoms with Crippen molar-refractivity contribution in [1.29, 1.82) is 0 Å². The van der Waals surface area contributed by atoms with Crippen molar-refractivity contribution in [1.82, 2.24) is 0 Å². The summed E-state index contributed by atoms with van der Waals surface area (Å²) >= 11 is 0. The standard InChI is InChI=1S/C12H20N2O3S/c1-4-18(15,16)14(8-7-13)11-9-10(2)5-6-12(11)17-3/h5-6,9H,4,7-8,13H2,1-3H3. The highest BCUT2D eigenvalue weighted by atomic mass is 32.2. The lowest BCUT2D eigenvalue weighted by molar-refractivity contribution is 0.415. The van der Waals surface area contributed by atoms with Crippen LogP contribution >= 0.6 is 0 Å². The quantitative estimate of drug-likeness (QED) is 0.842. The summed E-state index contributed by atoms with van der Waals surface area (Å²) < 4.78 is 30.7. The molecule has 102 valence electrons. The third-order valence-electron chi connectivity index (χ3n) is 2.64. The van der Waals surface area contributed by atoms with Crippen molar-refractivity contribution in [2.75, 3.05) is 30.3 Å². The maximum Gasteiger partial charge on any atom is 0.235 e.